The second-order valence-electron chi connectivity index (χ2n) is 4.30. The molecule has 3 nitrogen and oxygen atoms in total. The highest BCUT2D eigenvalue weighted by atomic mass is 16.5. The van der Waals surface area contributed by atoms with Gasteiger partial charge in [-0.1, -0.05) is 54.6 Å². The molecule has 0 radical (unpaired) electrons. The van der Waals surface area contributed by atoms with Gasteiger partial charge >= 0.3 is 5.97 Å². The Morgan fingerprint density at radius 3 is 2.25 bits per heavy atom. The molecule has 1 atom stereocenters. The Morgan fingerprint density at radius 2 is 1.70 bits per heavy atom. The molecule has 2 aromatic rings. The van der Waals surface area contributed by atoms with Crippen molar-refractivity contribution in [2.24, 2.45) is 0 Å². The monoisotopic (exact) mass is 265 g/mol. The van der Waals surface area contributed by atoms with Crippen LogP contribution >= 0.6 is 0 Å². The molecule has 0 heterocycles. The lowest BCUT2D eigenvalue weighted by Crippen LogP contribution is -2.14. The molecule has 2 rings (SSSR count). The molecule has 0 saturated heterocycles. The van der Waals surface area contributed by atoms with Gasteiger partial charge in [0.1, 0.15) is 0 Å². The van der Waals surface area contributed by atoms with Crippen LogP contribution in [-0.2, 0) is 9.53 Å². The first kappa shape index (κ1) is 13.8. The van der Waals surface area contributed by atoms with E-state index in [1.54, 1.807) is 19.1 Å². The largest absolute Gasteiger partial charge is 0.465 e. The Hall–Kier alpha value is -2.60. The number of nitrogens with zero attached hydrogens (tertiary/aromatic N) is 1. The summed E-state index contributed by atoms with van der Waals surface area (Å²) in [6.45, 7) is 2.00. The lowest BCUT2D eigenvalue weighted by atomic mass is 9.97. The molecule has 0 aliphatic heterocycles. The molecule has 0 amide bonds. The molecule has 2 aromatic carbocycles. The maximum Gasteiger partial charge on any atom is 0.327 e. The van der Waals surface area contributed by atoms with Gasteiger partial charge < -0.3 is 4.74 Å². The Kier molecular flexibility index (Phi) is 4.52. The van der Waals surface area contributed by atoms with Crippen molar-refractivity contribution >= 4 is 5.97 Å². The van der Waals surface area contributed by atoms with Crippen LogP contribution in [0.2, 0.25) is 0 Å². The van der Waals surface area contributed by atoms with E-state index in [1.165, 1.54) is 0 Å². The molecule has 0 saturated carbocycles. The number of benzene rings is 2. The van der Waals surface area contributed by atoms with E-state index in [0.29, 0.717) is 5.56 Å². The first-order chi connectivity index (χ1) is 9.76. The van der Waals surface area contributed by atoms with E-state index in [0.717, 1.165) is 11.1 Å². The van der Waals surface area contributed by atoms with Crippen LogP contribution in [0, 0.1) is 11.3 Å². The number of esters is 1. The van der Waals surface area contributed by atoms with Crippen molar-refractivity contribution in [1.82, 2.24) is 0 Å². The average molecular weight is 265 g/mol. The molecule has 0 aliphatic rings. The van der Waals surface area contributed by atoms with Crippen LogP contribution in [-0.4, -0.2) is 12.6 Å². The normalized spacial score (nSPS) is 11.4. The fourth-order valence-corrected chi connectivity index (χ4v) is 1.99. The second-order valence-corrected chi connectivity index (χ2v) is 4.30. The summed E-state index contributed by atoms with van der Waals surface area (Å²) in [6, 6.07) is 19.3. The predicted molar refractivity (Wildman–Crippen MR) is 76.9 cm³/mol. The van der Waals surface area contributed by atoms with E-state index in [4.69, 9.17) is 10.00 Å². The van der Waals surface area contributed by atoms with Crippen molar-refractivity contribution in [2.45, 2.75) is 12.8 Å². The number of carbonyl (C=O) groups is 1. The molecule has 0 spiro atoms. The zero-order valence-corrected chi connectivity index (χ0v) is 11.2. The molecule has 0 fully saturated rings. The van der Waals surface area contributed by atoms with Gasteiger partial charge in [0.25, 0.3) is 0 Å². The number of carbonyl (C=O) groups excluding carboxylic acids is 1. The van der Waals surface area contributed by atoms with Crippen LogP contribution in [0.15, 0.2) is 54.6 Å². The Balaban J connectivity index is 2.24. The van der Waals surface area contributed by atoms with E-state index in [1.807, 2.05) is 48.5 Å². The summed E-state index contributed by atoms with van der Waals surface area (Å²) in [4.78, 5) is 11.7. The summed E-state index contributed by atoms with van der Waals surface area (Å²) < 4.78 is 4.90. The number of ether oxygens (including phenoxy) is 1. The van der Waals surface area contributed by atoms with Crippen molar-refractivity contribution < 1.29 is 9.53 Å². The Morgan fingerprint density at radius 1 is 1.10 bits per heavy atom. The first-order valence-electron chi connectivity index (χ1n) is 6.48. The van der Waals surface area contributed by atoms with Crippen molar-refractivity contribution in [1.29, 1.82) is 5.26 Å². The van der Waals surface area contributed by atoms with Crippen molar-refractivity contribution in [3.63, 3.8) is 0 Å². The average Bonchev–Trinajstić information content (AvgIpc) is 2.50. The SMILES string of the molecule is CCOC(=O)[C@H](C#N)c1ccc(-c2ccccc2)cc1. The molecule has 100 valence electrons. The van der Waals surface area contributed by atoms with Crippen molar-refractivity contribution in [3.05, 3.63) is 60.2 Å². The number of hydrogen-bond acceptors (Lipinski definition) is 3. The summed E-state index contributed by atoms with van der Waals surface area (Å²) in [5, 5.41) is 9.11. The van der Waals surface area contributed by atoms with Crippen LogP contribution in [0.5, 0.6) is 0 Å². The van der Waals surface area contributed by atoms with E-state index in [-0.39, 0.29) is 6.61 Å². The van der Waals surface area contributed by atoms with Gasteiger partial charge in [-0.2, -0.15) is 5.26 Å². The summed E-state index contributed by atoms with van der Waals surface area (Å²) >= 11 is 0. The zero-order valence-electron chi connectivity index (χ0n) is 11.2. The third-order valence-corrected chi connectivity index (χ3v) is 3.00. The maximum absolute atomic E-state index is 11.7. The van der Waals surface area contributed by atoms with Gasteiger partial charge in [0.2, 0.25) is 0 Å². The number of nitriles is 1. The van der Waals surface area contributed by atoms with Crippen LogP contribution in [0.1, 0.15) is 18.4 Å². The zero-order chi connectivity index (χ0) is 14.4. The fourth-order valence-electron chi connectivity index (χ4n) is 1.99. The maximum atomic E-state index is 11.7. The minimum Gasteiger partial charge on any atom is -0.465 e. The minimum absolute atomic E-state index is 0.277. The molecule has 0 bridgehead atoms. The van der Waals surface area contributed by atoms with Gasteiger partial charge in [0.15, 0.2) is 5.92 Å². The van der Waals surface area contributed by atoms with Gasteiger partial charge in [0, 0.05) is 0 Å². The molecular weight excluding hydrogens is 250 g/mol. The van der Waals surface area contributed by atoms with Crippen LogP contribution in [0.4, 0.5) is 0 Å². The predicted octanol–water partition coefficient (Wildman–Crippen LogP) is 3.52. The lowest BCUT2D eigenvalue weighted by Gasteiger charge is -2.09. The third kappa shape index (κ3) is 3.04. The van der Waals surface area contributed by atoms with Gasteiger partial charge in [-0.15, -0.1) is 0 Å². The summed E-state index contributed by atoms with van der Waals surface area (Å²) in [7, 11) is 0. The topological polar surface area (TPSA) is 50.1 Å². The van der Waals surface area contributed by atoms with Crippen LogP contribution < -0.4 is 0 Å². The molecule has 20 heavy (non-hydrogen) atoms. The van der Waals surface area contributed by atoms with E-state index >= 15 is 0 Å². The van der Waals surface area contributed by atoms with Gasteiger partial charge in [-0.3, -0.25) is 4.79 Å². The van der Waals surface area contributed by atoms with Gasteiger partial charge in [0.05, 0.1) is 12.7 Å². The van der Waals surface area contributed by atoms with E-state index in [2.05, 4.69) is 0 Å². The standard InChI is InChI=1S/C17H15NO2/c1-2-20-17(19)16(12-18)15-10-8-14(9-11-15)13-6-4-3-5-7-13/h3-11,16H,2H2,1H3/t16-/m1/s1. The third-order valence-electron chi connectivity index (χ3n) is 3.00. The van der Waals surface area contributed by atoms with E-state index in [9.17, 15) is 4.79 Å². The highest BCUT2D eigenvalue weighted by Gasteiger charge is 2.21. The van der Waals surface area contributed by atoms with Crippen molar-refractivity contribution in [3.8, 4) is 17.2 Å². The molecule has 0 unspecified atom stereocenters. The number of rotatable bonds is 4. The molecule has 3 heteroatoms. The quantitative estimate of drug-likeness (QED) is 0.795. The fraction of sp³-hybridized carbons (Fsp3) is 0.176. The second kappa shape index (κ2) is 6.53. The Bertz CT molecular complexity index is 612. The van der Waals surface area contributed by atoms with Gasteiger partial charge in [-0.25, -0.2) is 0 Å². The van der Waals surface area contributed by atoms with Crippen LogP contribution in [0.25, 0.3) is 11.1 Å². The molecule has 0 aliphatic carbocycles. The summed E-state index contributed by atoms with van der Waals surface area (Å²) in [6.07, 6.45) is 0. The molecule has 0 N–H and O–H groups in total. The molecule has 0 aromatic heterocycles. The minimum atomic E-state index is -0.861. The smallest absolute Gasteiger partial charge is 0.327 e. The summed E-state index contributed by atoms with van der Waals surface area (Å²) in [5.74, 6) is -1.36. The highest BCUT2D eigenvalue weighted by Crippen LogP contribution is 2.23. The molecular formula is C17H15NO2. The van der Waals surface area contributed by atoms with Gasteiger partial charge in [-0.05, 0) is 23.6 Å². The Labute approximate surface area is 118 Å². The summed E-state index contributed by atoms with van der Waals surface area (Å²) in [5.41, 5.74) is 2.81. The van der Waals surface area contributed by atoms with Crippen LogP contribution in [0.3, 0.4) is 0 Å². The van der Waals surface area contributed by atoms with Crippen molar-refractivity contribution in [2.75, 3.05) is 6.61 Å². The number of hydrogen-bond donors (Lipinski definition) is 0. The highest BCUT2D eigenvalue weighted by molar-refractivity contribution is 5.81. The lowest BCUT2D eigenvalue weighted by molar-refractivity contribution is -0.143. The first-order valence-corrected chi connectivity index (χ1v) is 6.48. The van der Waals surface area contributed by atoms with E-state index < -0.39 is 11.9 Å².